The third kappa shape index (κ3) is 3.09. The first-order valence-corrected chi connectivity index (χ1v) is 4.93. The monoisotopic (exact) mass is 224 g/mol. The molecule has 0 aromatic heterocycles. The minimum atomic E-state index is -4.21. The van der Waals surface area contributed by atoms with Crippen LogP contribution in [0, 0.1) is 5.92 Å². The van der Waals surface area contributed by atoms with E-state index < -0.39 is 24.0 Å². The number of carbonyl (C=O) groups is 1. The summed E-state index contributed by atoms with van der Waals surface area (Å²) in [5.41, 5.74) is 5.35. The van der Waals surface area contributed by atoms with Crippen molar-refractivity contribution in [2.45, 2.75) is 32.0 Å². The van der Waals surface area contributed by atoms with E-state index in [-0.39, 0.29) is 13.0 Å². The maximum atomic E-state index is 12.4. The molecule has 2 atom stereocenters. The van der Waals surface area contributed by atoms with Crippen molar-refractivity contribution in [2.24, 2.45) is 11.7 Å². The summed E-state index contributed by atoms with van der Waals surface area (Å²) >= 11 is 0. The Labute approximate surface area is 86.4 Å². The molecule has 0 aromatic rings. The largest absolute Gasteiger partial charge is 0.393 e. The van der Waals surface area contributed by atoms with Gasteiger partial charge in [0.05, 0.1) is 12.0 Å². The highest BCUT2D eigenvalue weighted by atomic mass is 19.4. The van der Waals surface area contributed by atoms with Gasteiger partial charge in [-0.25, -0.2) is 0 Å². The van der Waals surface area contributed by atoms with Crippen LogP contribution in [-0.2, 0) is 4.79 Å². The van der Waals surface area contributed by atoms with E-state index in [1.807, 2.05) is 0 Å². The van der Waals surface area contributed by atoms with Gasteiger partial charge < -0.3 is 10.6 Å². The molecule has 2 unspecified atom stereocenters. The molecular formula is C9H15F3N2O. The van der Waals surface area contributed by atoms with Crippen molar-refractivity contribution in [3.05, 3.63) is 0 Å². The summed E-state index contributed by atoms with van der Waals surface area (Å²) in [6.45, 7) is 1.62. The van der Waals surface area contributed by atoms with E-state index in [1.165, 1.54) is 11.8 Å². The van der Waals surface area contributed by atoms with Gasteiger partial charge in [0.1, 0.15) is 0 Å². The summed E-state index contributed by atoms with van der Waals surface area (Å²) in [6.07, 6.45) is -3.72. The van der Waals surface area contributed by atoms with Crippen LogP contribution in [0.3, 0.4) is 0 Å². The average molecular weight is 224 g/mol. The van der Waals surface area contributed by atoms with E-state index in [1.54, 1.807) is 0 Å². The van der Waals surface area contributed by atoms with Gasteiger partial charge in [0.2, 0.25) is 5.91 Å². The number of rotatable bonds is 1. The molecule has 0 radical (unpaired) electrons. The minimum Gasteiger partial charge on any atom is -0.341 e. The topological polar surface area (TPSA) is 46.3 Å². The summed E-state index contributed by atoms with van der Waals surface area (Å²) in [5.74, 6) is -1.79. The van der Waals surface area contributed by atoms with E-state index >= 15 is 0 Å². The van der Waals surface area contributed by atoms with Crippen LogP contribution < -0.4 is 5.73 Å². The van der Waals surface area contributed by atoms with Gasteiger partial charge in [-0.05, 0) is 19.8 Å². The number of hydrogen-bond acceptors (Lipinski definition) is 2. The first kappa shape index (κ1) is 12.3. The fourth-order valence-corrected chi connectivity index (χ4v) is 1.73. The molecule has 1 amide bonds. The van der Waals surface area contributed by atoms with Crippen LogP contribution in [0.4, 0.5) is 13.2 Å². The number of hydrogen-bond donors (Lipinski definition) is 1. The zero-order chi connectivity index (χ0) is 11.6. The quantitative estimate of drug-likeness (QED) is 0.725. The molecule has 1 heterocycles. The Balaban J connectivity index is 2.60. The van der Waals surface area contributed by atoms with Gasteiger partial charge >= 0.3 is 6.18 Å². The van der Waals surface area contributed by atoms with Gasteiger partial charge in [-0.1, -0.05) is 0 Å². The molecule has 3 nitrogen and oxygen atoms in total. The molecule has 0 aromatic carbocycles. The van der Waals surface area contributed by atoms with Gasteiger partial charge in [0.25, 0.3) is 0 Å². The van der Waals surface area contributed by atoms with Crippen LogP contribution in [-0.4, -0.2) is 36.1 Å². The third-order valence-corrected chi connectivity index (χ3v) is 2.59. The SMILES string of the molecule is CC(N)C(=O)N1CCCC(C(F)(F)F)C1. The van der Waals surface area contributed by atoms with E-state index in [0.717, 1.165) is 0 Å². The zero-order valence-corrected chi connectivity index (χ0v) is 8.55. The van der Waals surface area contributed by atoms with Crippen molar-refractivity contribution >= 4 is 5.91 Å². The molecule has 0 spiro atoms. The number of nitrogens with zero attached hydrogens (tertiary/aromatic N) is 1. The molecule has 1 aliphatic heterocycles. The number of carbonyl (C=O) groups excluding carboxylic acids is 1. The van der Waals surface area contributed by atoms with Crippen LogP contribution in [0.2, 0.25) is 0 Å². The Kier molecular flexibility index (Phi) is 3.59. The van der Waals surface area contributed by atoms with Crippen LogP contribution in [0.5, 0.6) is 0 Å². The van der Waals surface area contributed by atoms with Gasteiger partial charge in [-0.2, -0.15) is 13.2 Å². The number of halogens is 3. The Morgan fingerprint density at radius 2 is 2.13 bits per heavy atom. The second kappa shape index (κ2) is 4.38. The molecule has 1 rings (SSSR count). The highest BCUT2D eigenvalue weighted by Gasteiger charge is 2.42. The first-order chi connectivity index (χ1) is 6.82. The fraction of sp³-hybridized carbons (Fsp3) is 0.889. The third-order valence-electron chi connectivity index (χ3n) is 2.59. The Morgan fingerprint density at radius 1 is 1.53 bits per heavy atom. The predicted molar refractivity (Wildman–Crippen MR) is 49.0 cm³/mol. The summed E-state index contributed by atoms with van der Waals surface area (Å²) in [7, 11) is 0. The lowest BCUT2D eigenvalue weighted by molar-refractivity contribution is -0.188. The lowest BCUT2D eigenvalue weighted by Gasteiger charge is -2.34. The Hall–Kier alpha value is -0.780. The van der Waals surface area contributed by atoms with E-state index in [9.17, 15) is 18.0 Å². The summed E-state index contributed by atoms with van der Waals surface area (Å²) in [6, 6.07) is -0.725. The van der Waals surface area contributed by atoms with Crippen molar-refractivity contribution in [1.29, 1.82) is 0 Å². The molecule has 2 N–H and O–H groups in total. The minimum absolute atomic E-state index is 0.103. The molecule has 0 aliphatic carbocycles. The van der Waals surface area contributed by atoms with Crippen molar-refractivity contribution in [2.75, 3.05) is 13.1 Å². The van der Waals surface area contributed by atoms with Crippen molar-refractivity contribution < 1.29 is 18.0 Å². The Morgan fingerprint density at radius 3 is 2.60 bits per heavy atom. The van der Waals surface area contributed by atoms with Crippen molar-refractivity contribution in [3.63, 3.8) is 0 Å². The fourth-order valence-electron chi connectivity index (χ4n) is 1.73. The molecule has 1 saturated heterocycles. The van der Waals surface area contributed by atoms with E-state index in [0.29, 0.717) is 13.0 Å². The van der Waals surface area contributed by atoms with Gasteiger partial charge in [0.15, 0.2) is 0 Å². The number of amides is 1. The normalized spacial score (nSPS) is 25.1. The van der Waals surface area contributed by atoms with Crippen LogP contribution in [0.15, 0.2) is 0 Å². The molecule has 1 aliphatic rings. The van der Waals surface area contributed by atoms with Crippen molar-refractivity contribution in [1.82, 2.24) is 4.90 Å². The zero-order valence-electron chi connectivity index (χ0n) is 8.55. The average Bonchev–Trinajstić information content (AvgIpc) is 2.15. The number of alkyl halides is 3. The second-order valence-corrected chi connectivity index (χ2v) is 3.95. The van der Waals surface area contributed by atoms with E-state index in [2.05, 4.69) is 0 Å². The summed E-state index contributed by atoms with van der Waals surface area (Å²) in [4.78, 5) is 12.6. The standard InChI is InChI=1S/C9H15F3N2O/c1-6(13)8(15)14-4-2-3-7(5-14)9(10,11)12/h6-7H,2-5,13H2,1H3. The lowest BCUT2D eigenvalue weighted by atomic mass is 9.97. The predicted octanol–water partition coefficient (Wildman–Crippen LogP) is 1.13. The van der Waals surface area contributed by atoms with Gasteiger partial charge in [-0.3, -0.25) is 4.79 Å². The van der Waals surface area contributed by atoms with Crippen LogP contribution in [0.25, 0.3) is 0 Å². The first-order valence-electron chi connectivity index (χ1n) is 4.93. The molecule has 1 fully saturated rings. The lowest BCUT2D eigenvalue weighted by Crippen LogP contribution is -2.49. The number of nitrogens with two attached hydrogens (primary N) is 1. The van der Waals surface area contributed by atoms with Gasteiger partial charge in [0, 0.05) is 13.1 Å². The van der Waals surface area contributed by atoms with Gasteiger partial charge in [-0.15, -0.1) is 0 Å². The smallest absolute Gasteiger partial charge is 0.341 e. The maximum Gasteiger partial charge on any atom is 0.393 e. The van der Waals surface area contributed by atoms with Crippen molar-refractivity contribution in [3.8, 4) is 0 Å². The summed E-state index contributed by atoms with van der Waals surface area (Å²) < 4.78 is 37.2. The van der Waals surface area contributed by atoms with Crippen LogP contribution >= 0.6 is 0 Å². The second-order valence-electron chi connectivity index (χ2n) is 3.95. The highest BCUT2D eigenvalue weighted by molar-refractivity contribution is 5.81. The molecule has 88 valence electrons. The molecule has 6 heteroatoms. The maximum absolute atomic E-state index is 12.4. The molecular weight excluding hydrogens is 209 g/mol. The van der Waals surface area contributed by atoms with E-state index in [4.69, 9.17) is 5.73 Å². The highest BCUT2D eigenvalue weighted by Crippen LogP contribution is 2.33. The molecule has 0 saturated carbocycles. The molecule has 15 heavy (non-hydrogen) atoms. The number of piperidine rings is 1. The number of likely N-dealkylation sites (tertiary alicyclic amines) is 1. The molecule has 0 bridgehead atoms. The Bertz CT molecular complexity index is 240. The van der Waals surface area contributed by atoms with Crippen LogP contribution in [0.1, 0.15) is 19.8 Å². The summed E-state index contributed by atoms with van der Waals surface area (Å²) in [5, 5.41) is 0.